The molecule has 8 heteroatoms. The summed E-state index contributed by atoms with van der Waals surface area (Å²) in [5.74, 6) is 3.78. The molecule has 0 amide bonds. The van der Waals surface area contributed by atoms with Crippen LogP contribution in [0.1, 0.15) is 55.9 Å². The van der Waals surface area contributed by atoms with Crippen LogP contribution in [0, 0.1) is 0 Å². The minimum absolute atomic E-state index is 0.280. The molecule has 31 heavy (non-hydrogen) atoms. The molecule has 0 aliphatic carbocycles. The first-order valence-electron chi connectivity index (χ1n) is 11.6. The SMILES string of the molecule is CCNC(=NCc1nnc2n1CCCC2)NCC(c1cccc(OC)c1)N1CCCC1. The summed E-state index contributed by atoms with van der Waals surface area (Å²) in [7, 11) is 1.72. The van der Waals surface area contributed by atoms with Crippen LogP contribution in [0.25, 0.3) is 0 Å². The molecular weight excluding hydrogens is 390 g/mol. The number of hydrogen-bond acceptors (Lipinski definition) is 5. The van der Waals surface area contributed by atoms with Crippen LogP contribution in [0.4, 0.5) is 0 Å². The highest BCUT2D eigenvalue weighted by Crippen LogP contribution is 2.27. The average molecular weight is 426 g/mol. The molecule has 8 nitrogen and oxygen atoms in total. The first-order chi connectivity index (χ1) is 15.3. The highest BCUT2D eigenvalue weighted by atomic mass is 16.5. The fourth-order valence-electron chi connectivity index (χ4n) is 4.53. The zero-order chi connectivity index (χ0) is 21.5. The van der Waals surface area contributed by atoms with E-state index in [1.54, 1.807) is 7.11 Å². The Kier molecular flexibility index (Phi) is 7.40. The number of nitrogens with one attached hydrogen (secondary N) is 2. The Balaban J connectivity index is 1.46. The number of hydrogen-bond donors (Lipinski definition) is 2. The summed E-state index contributed by atoms with van der Waals surface area (Å²) in [6.45, 7) is 7.50. The fourth-order valence-corrected chi connectivity index (χ4v) is 4.53. The van der Waals surface area contributed by atoms with Gasteiger partial charge in [0.1, 0.15) is 18.1 Å². The number of rotatable bonds is 8. The third-order valence-electron chi connectivity index (χ3n) is 6.18. The molecule has 4 rings (SSSR count). The molecule has 1 saturated heterocycles. The molecule has 0 bridgehead atoms. The largest absolute Gasteiger partial charge is 0.497 e. The number of aliphatic imine (C=N–C) groups is 1. The van der Waals surface area contributed by atoms with Gasteiger partial charge in [-0.2, -0.15) is 0 Å². The summed E-state index contributed by atoms with van der Waals surface area (Å²) < 4.78 is 7.70. The molecule has 0 spiro atoms. The monoisotopic (exact) mass is 425 g/mol. The predicted molar refractivity (Wildman–Crippen MR) is 122 cm³/mol. The van der Waals surface area contributed by atoms with Gasteiger partial charge in [0.05, 0.1) is 13.2 Å². The maximum absolute atomic E-state index is 5.47. The number of aromatic nitrogens is 3. The second-order valence-electron chi connectivity index (χ2n) is 8.25. The van der Waals surface area contributed by atoms with Crippen LogP contribution < -0.4 is 15.4 Å². The smallest absolute Gasteiger partial charge is 0.191 e. The number of methoxy groups -OCH3 is 1. The first-order valence-corrected chi connectivity index (χ1v) is 11.6. The van der Waals surface area contributed by atoms with E-state index in [2.05, 4.69) is 55.4 Å². The van der Waals surface area contributed by atoms with Crippen molar-refractivity contribution in [1.82, 2.24) is 30.3 Å². The van der Waals surface area contributed by atoms with Gasteiger partial charge in [-0.25, -0.2) is 4.99 Å². The minimum atomic E-state index is 0.280. The Bertz CT molecular complexity index is 873. The van der Waals surface area contributed by atoms with Crippen LogP contribution >= 0.6 is 0 Å². The fraction of sp³-hybridized carbons (Fsp3) is 0.609. The van der Waals surface area contributed by atoms with E-state index in [4.69, 9.17) is 9.73 Å². The van der Waals surface area contributed by atoms with Gasteiger partial charge < -0.3 is 19.9 Å². The number of benzene rings is 1. The summed E-state index contributed by atoms with van der Waals surface area (Å²) >= 11 is 0. The van der Waals surface area contributed by atoms with Crippen molar-refractivity contribution in [1.29, 1.82) is 0 Å². The maximum Gasteiger partial charge on any atom is 0.191 e. The van der Waals surface area contributed by atoms with E-state index in [1.807, 2.05) is 6.07 Å². The standard InChI is InChI=1S/C23H35N7O/c1-3-24-23(26-17-22-28-27-21-11-4-5-14-30(21)22)25-16-20(29-12-6-7-13-29)18-9-8-10-19(15-18)31-2/h8-10,15,20H,3-7,11-14,16-17H2,1-2H3,(H2,24,25,26). The van der Waals surface area contributed by atoms with E-state index in [0.29, 0.717) is 6.54 Å². The lowest BCUT2D eigenvalue weighted by atomic mass is 10.1. The molecule has 3 heterocycles. The molecule has 1 aromatic carbocycles. The van der Waals surface area contributed by atoms with E-state index >= 15 is 0 Å². The highest BCUT2D eigenvalue weighted by Gasteiger charge is 2.24. The van der Waals surface area contributed by atoms with Gasteiger partial charge in [-0.15, -0.1) is 10.2 Å². The van der Waals surface area contributed by atoms with Gasteiger partial charge in [-0.3, -0.25) is 4.90 Å². The summed E-state index contributed by atoms with van der Waals surface area (Å²) in [6, 6.07) is 8.70. The summed E-state index contributed by atoms with van der Waals surface area (Å²) in [6.07, 6.45) is 5.93. The number of aryl methyl sites for hydroxylation is 1. The summed E-state index contributed by atoms with van der Waals surface area (Å²) in [4.78, 5) is 7.37. The van der Waals surface area contributed by atoms with Gasteiger partial charge in [0.15, 0.2) is 11.8 Å². The molecule has 1 fully saturated rings. The van der Waals surface area contributed by atoms with Crippen LogP contribution in [-0.4, -0.2) is 58.9 Å². The topological polar surface area (TPSA) is 79.6 Å². The second-order valence-corrected chi connectivity index (χ2v) is 8.25. The van der Waals surface area contributed by atoms with Gasteiger partial charge in [0.25, 0.3) is 0 Å². The molecule has 168 valence electrons. The van der Waals surface area contributed by atoms with Gasteiger partial charge in [0.2, 0.25) is 0 Å². The van der Waals surface area contributed by atoms with Crippen LogP contribution in [0.2, 0.25) is 0 Å². The number of fused-ring (bicyclic) bond motifs is 1. The predicted octanol–water partition coefficient (Wildman–Crippen LogP) is 2.52. The van der Waals surface area contributed by atoms with Crippen molar-refractivity contribution < 1.29 is 4.74 Å². The summed E-state index contributed by atoms with van der Waals surface area (Å²) in [5.41, 5.74) is 1.27. The Morgan fingerprint density at radius 3 is 2.77 bits per heavy atom. The molecule has 0 radical (unpaired) electrons. The van der Waals surface area contributed by atoms with E-state index in [-0.39, 0.29) is 6.04 Å². The van der Waals surface area contributed by atoms with Crippen molar-refractivity contribution >= 4 is 5.96 Å². The molecule has 2 aliphatic heterocycles. The van der Waals surface area contributed by atoms with Crippen LogP contribution in [-0.2, 0) is 19.5 Å². The van der Waals surface area contributed by atoms with Crippen molar-refractivity contribution in [2.45, 2.75) is 58.2 Å². The van der Waals surface area contributed by atoms with Crippen molar-refractivity contribution in [2.24, 2.45) is 4.99 Å². The van der Waals surface area contributed by atoms with Gasteiger partial charge in [-0.05, 0) is 63.4 Å². The first kappa shape index (κ1) is 21.6. The minimum Gasteiger partial charge on any atom is -0.497 e. The van der Waals surface area contributed by atoms with Crippen molar-refractivity contribution in [2.75, 3.05) is 33.3 Å². The number of nitrogens with zero attached hydrogens (tertiary/aromatic N) is 5. The van der Waals surface area contributed by atoms with Crippen LogP contribution in [0.5, 0.6) is 5.75 Å². The van der Waals surface area contributed by atoms with Crippen molar-refractivity contribution in [3.05, 3.63) is 41.5 Å². The molecule has 0 saturated carbocycles. The van der Waals surface area contributed by atoms with E-state index in [1.165, 1.54) is 31.2 Å². The van der Waals surface area contributed by atoms with Crippen LogP contribution in [0.15, 0.2) is 29.3 Å². The average Bonchev–Trinajstić information content (AvgIpc) is 3.48. The summed E-state index contributed by atoms with van der Waals surface area (Å²) in [5, 5.41) is 15.7. The molecule has 1 atom stereocenters. The number of ether oxygens (including phenoxy) is 1. The third-order valence-corrected chi connectivity index (χ3v) is 6.18. The van der Waals surface area contributed by atoms with Crippen LogP contribution in [0.3, 0.4) is 0 Å². The molecule has 2 aromatic rings. The zero-order valence-corrected chi connectivity index (χ0v) is 18.8. The third kappa shape index (κ3) is 5.36. The second kappa shape index (κ2) is 10.6. The number of likely N-dealkylation sites (tertiary alicyclic amines) is 1. The van der Waals surface area contributed by atoms with E-state index < -0.39 is 0 Å². The quantitative estimate of drug-likeness (QED) is 0.500. The Morgan fingerprint density at radius 2 is 1.97 bits per heavy atom. The molecule has 2 N–H and O–H groups in total. The Hall–Kier alpha value is -2.61. The Labute approximate surface area is 185 Å². The highest BCUT2D eigenvalue weighted by molar-refractivity contribution is 5.79. The van der Waals surface area contributed by atoms with Gasteiger partial charge in [0, 0.05) is 26.1 Å². The van der Waals surface area contributed by atoms with E-state index in [0.717, 1.165) is 62.5 Å². The zero-order valence-electron chi connectivity index (χ0n) is 18.8. The molecule has 1 unspecified atom stereocenters. The van der Waals surface area contributed by atoms with Crippen molar-refractivity contribution in [3.63, 3.8) is 0 Å². The lowest BCUT2D eigenvalue weighted by molar-refractivity contribution is 0.245. The lowest BCUT2D eigenvalue weighted by Crippen LogP contribution is -2.42. The number of guanidine groups is 1. The lowest BCUT2D eigenvalue weighted by Gasteiger charge is -2.29. The van der Waals surface area contributed by atoms with Gasteiger partial charge >= 0.3 is 0 Å². The van der Waals surface area contributed by atoms with Gasteiger partial charge in [-0.1, -0.05) is 12.1 Å². The maximum atomic E-state index is 5.47. The molecule has 1 aromatic heterocycles. The van der Waals surface area contributed by atoms with Crippen molar-refractivity contribution in [3.8, 4) is 5.75 Å². The molecular formula is C23H35N7O. The van der Waals surface area contributed by atoms with E-state index in [9.17, 15) is 0 Å². The normalized spacial score (nSPS) is 17.9. The Morgan fingerprint density at radius 1 is 1.13 bits per heavy atom. The molecule has 2 aliphatic rings.